The number of aryl methyl sites for hydroxylation is 1. The first-order valence-electron chi connectivity index (χ1n) is 7.59. The normalized spacial score (nSPS) is 13.2. The third-order valence-corrected chi connectivity index (χ3v) is 3.53. The van der Waals surface area contributed by atoms with Crippen LogP contribution in [0.3, 0.4) is 0 Å². The Bertz CT molecular complexity index is 360. The molecule has 1 atom stereocenters. The van der Waals surface area contributed by atoms with Crippen LogP contribution in [0.5, 0.6) is 0 Å². The summed E-state index contributed by atoms with van der Waals surface area (Å²) in [6.07, 6.45) is 0. The fraction of sp³-hybridized carbons (Fsp3) is 0.647. The first-order valence-corrected chi connectivity index (χ1v) is 7.59. The Kier molecular flexibility index (Phi) is 7.11. The first-order chi connectivity index (χ1) is 9.08. The van der Waals surface area contributed by atoms with Gasteiger partial charge in [0, 0.05) is 19.1 Å². The predicted molar refractivity (Wildman–Crippen MR) is 84.5 cm³/mol. The molecule has 0 aliphatic rings. The van der Waals surface area contributed by atoms with Crippen LogP contribution >= 0.6 is 0 Å². The van der Waals surface area contributed by atoms with E-state index in [1.807, 2.05) is 0 Å². The minimum atomic E-state index is 0.435. The van der Waals surface area contributed by atoms with Crippen LogP contribution in [-0.2, 0) is 0 Å². The molecule has 1 unspecified atom stereocenters. The number of benzene rings is 1. The van der Waals surface area contributed by atoms with Crippen LogP contribution < -0.4 is 5.32 Å². The molecule has 0 aromatic heterocycles. The number of nitrogens with one attached hydrogen (secondary N) is 1. The Balaban J connectivity index is 2.80. The van der Waals surface area contributed by atoms with Crippen molar-refractivity contribution in [3.63, 3.8) is 0 Å². The second kappa shape index (κ2) is 8.34. The van der Waals surface area contributed by atoms with Crippen LogP contribution in [0.4, 0.5) is 0 Å². The molecule has 0 radical (unpaired) electrons. The number of hydrogen-bond donors (Lipinski definition) is 1. The van der Waals surface area contributed by atoms with E-state index in [2.05, 4.69) is 69.1 Å². The summed E-state index contributed by atoms with van der Waals surface area (Å²) < 4.78 is 0. The molecule has 0 saturated heterocycles. The molecule has 1 rings (SSSR count). The standard InChI is InChI=1S/C17H30N2/c1-6-18-17(13-19(7-2)12-14(3)4)16-11-9-8-10-15(16)5/h8-11,14,17-18H,6-7,12-13H2,1-5H3. The van der Waals surface area contributed by atoms with Crippen LogP contribution in [0, 0.1) is 12.8 Å². The van der Waals surface area contributed by atoms with E-state index in [-0.39, 0.29) is 0 Å². The second-order valence-electron chi connectivity index (χ2n) is 5.71. The molecule has 1 aromatic carbocycles. The van der Waals surface area contributed by atoms with E-state index in [9.17, 15) is 0 Å². The minimum Gasteiger partial charge on any atom is -0.309 e. The summed E-state index contributed by atoms with van der Waals surface area (Å²) >= 11 is 0. The highest BCUT2D eigenvalue weighted by Crippen LogP contribution is 2.19. The highest BCUT2D eigenvalue weighted by molar-refractivity contribution is 5.29. The molecule has 0 aliphatic carbocycles. The van der Waals surface area contributed by atoms with E-state index in [1.165, 1.54) is 17.7 Å². The Hall–Kier alpha value is -0.860. The molecular formula is C17H30N2. The molecule has 1 N–H and O–H groups in total. The third kappa shape index (κ3) is 5.33. The minimum absolute atomic E-state index is 0.435. The fourth-order valence-corrected chi connectivity index (χ4v) is 2.60. The van der Waals surface area contributed by atoms with E-state index < -0.39 is 0 Å². The lowest BCUT2D eigenvalue weighted by Crippen LogP contribution is -2.37. The van der Waals surface area contributed by atoms with Gasteiger partial charge in [0.25, 0.3) is 0 Å². The van der Waals surface area contributed by atoms with Crippen molar-refractivity contribution in [2.75, 3.05) is 26.2 Å². The lowest BCUT2D eigenvalue weighted by molar-refractivity contribution is 0.229. The van der Waals surface area contributed by atoms with Crippen molar-refractivity contribution in [2.45, 2.75) is 40.7 Å². The summed E-state index contributed by atoms with van der Waals surface area (Å²) in [6, 6.07) is 9.16. The van der Waals surface area contributed by atoms with Crippen LogP contribution in [0.2, 0.25) is 0 Å². The maximum Gasteiger partial charge on any atom is 0.0451 e. The maximum atomic E-state index is 3.64. The van der Waals surface area contributed by atoms with Gasteiger partial charge in [0.05, 0.1) is 0 Å². The van der Waals surface area contributed by atoms with Gasteiger partial charge < -0.3 is 10.2 Å². The highest BCUT2D eigenvalue weighted by atomic mass is 15.1. The van der Waals surface area contributed by atoms with Gasteiger partial charge in [-0.2, -0.15) is 0 Å². The van der Waals surface area contributed by atoms with E-state index in [0.29, 0.717) is 6.04 Å². The van der Waals surface area contributed by atoms with Gasteiger partial charge in [-0.1, -0.05) is 52.0 Å². The summed E-state index contributed by atoms with van der Waals surface area (Å²) in [6.45, 7) is 15.6. The van der Waals surface area contributed by atoms with Gasteiger partial charge >= 0.3 is 0 Å². The monoisotopic (exact) mass is 262 g/mol. The highest BCUT2D eigenvalue weighted by Gasteiger charge is 2.16. The molecule has 2 heteroatoms. The van der Waals surface area contributed by atoms with E-state index in [0.717, 1.165) is 25.6 Å². The Morgan fingerprint density at radius 3 is 2.32 bits per heavy atom. The topological polar surface area (TPSA) is 15.3 Å². The first kappa shape index (κ1) is 16.2. The van der Waals surface area contributed by atoms with Gasteiger partial charge in [0.2, 0.25) is 0 Å². The summed E-state index contributed by atoms with van der Waals surface area (Å²) in [5.41, 5.74) is 2.82. The molecule has 0 saturated carbocycles. The van der Waals surface area contributed by atoms with Crippen LogP contribution in [-0.4, -0.2) is 31.1 Å². The summed E-state index contributed by atoms with van der Waals surface area (Å²) in [7, 11) is 0. The summed E-state index contributed by atoms with van der Waals surface area (Å²) in [5, 5.41) is 3.64. The van der Waals surface area contributed by atoms with Crippen molar-refractivity contribution in [1.29, 1.82) is 0 Å². The van der Waals surface area contributed by atoms with Crippen LogP contribution in [0.1, 0.15) is 44.9 Å². The number of rotatable bonds is 8. The van der Waals surface area contributed by atoms with Gasteiger partial charge in [-0.05, 0) is 37.1 Å². The zero-order valence-corrected chi connectivity index (χ0v) is 13.2. The third-order valence-electron chi connectivity index (χ3n) is 3.53. The Morgan fingerprint density at radius 1 is 1.11 bits per heavy atom. The summed E-state index contributed by atoms with van der Waals surface area (Å²) in [4.78, 5) is 2.55. The van der Waals surface area contributed by atoms with Crippen LogP contribution in [0.15, 0.2) is 24.3 Å². The molecule has 0 fully saturated rings. The van der Waals surface area contributed by atoms with Gasteiger partial charge in [-0.15, -0.1) is 0 Å². The lowest BCUT2D eigenvalue weighted by Gasteiger charge is -2.29. The molecule has 108 valence electrons. The van der Waals surface area contributed by atoms with Crippen molar-refractivity contribution >= 4 is 0 Å². The van der Waals surface area contributed by atoms with Crippen LogP contribution in [0.25, 0.3) is 0 Å². The fourth-order valence-electron chi connectivity index (χ4n) is 2.60. The average Bonchev–Trinajstić information content (AvgIpc) is 2.37. The molecule has 19 heavy (non-hydrogen) atoms. The molecule has 2 nitrogen and oxygen atoms in total. The average molecular weight is 262 g/mol. The number of likely N-dealkylation sites (N-methyl/N-ethyl adjacent to an activating group) is 2. The van der Waals surface area contributed by atoms with Gasteiger partial charge in [-0.3, -0.25) is 0 Å². The second-order valence-corrected chi connectivity index (χ2v) is 5.71. The largest absolute Gasteiger partial charge is 0.309 e. The van der Waals surface area contributed by atoms with E-state index in [1.54, 1.807) is 0 Å². The molecule has 0 heterocycles. The van der Waals surface area contributed by atoms with E-state index >= 15 is 0 Å². The predicted octanol–water partition coefficient (Wildman–Crippen LogP) is 3.62. The lowest BCUT2D eigenvalue weighted by atomic mass is 10.0. The molecule has 0 amide bonds. The van der Waals surface area contributed by atoms with Crippen molar-refractivity contribution in [3.8, 4) is 0 Å². The molecule has 0 bridgehead atoms. The van der Waals surface area contributed by atoms with Crippen molar-refractivity contribution < 1.29 is 0 Å². The quantitative estimate of drug-likeness (QED) is 0.769. The number of hydrogen-bond acceptors (Lipinski definition) is 2. The zero-order valence-electron chi connectivity index (χ0n) is 13.2. The molecule has 0 aliphatic heterocycles. The van der Waals surface area contributed by atoms with Crippen molar-refractivity contribution in [3.05, 3.63) is 35.4 Å². The van der Waals surface area contributed by atoms with E-state index in [4.69, 9.17) is 0 Å². The van der Waals surface area contributed by atoms with Crippen molar-refractivity contribution in [1.82, 2.24) is 10.2 Å². The Labute approximate surface area is 119 Å². The molecule has 0 spiro atoms. The summed E-state index contributed by atoms with van der Waals surface area (Å²) in [5.74, 6) is 0.721. The number of nitrogens with zero attached hydrogens (tertiary/aromatic N) is 1. The van der Waals surface area contributed by atoms with Gasteiger partial charge in [-0.25, -0.2) is 0 Å². The molecule has 1 aromatic rings. The smallest absolute Gasteiger partial charge is 0.0451 e. The Morgan fingerprint density at radius 2 is 1.79 bits per heavy atom. The molecular weight excluding hydrogens is 232 g/mol. The SMILES string of the molecule is CCNC(CN(CC)CC(C)C)c1ccccc1C. The van der Waals surface area contributed by atoms with Gasteiger partial charge in [0.15, 0.2) is 0 Å². The maximum absolute atomic E-state index is 3.64. The van der Waals surface area contributed by atoms with Gasteiger partial charge in [0.1, 0.15) is 0 Å². The zero-order chi connectivity index (χ0) is 14.3. The van der Waals surface area contributed by atoms with Crippen molar-refractivity contribution in [2.24, 2.45) is 5.92 Å².